The van der Waals surface area contributed by atoms with Gasteiger partial charge < -0.3 is 15.4 Å². The number of rotatable bonds is 3. The summed E-state index contributed by atoms with van der Waals surface area (Å²) in [6, 6.07) is 3.13. The smallest absolute Gasteiger partial charge is 0.229 e. The molecule has 6 nitrogen and oxygen atoms in total. The Morgan fingerprint density at radius 2 is 2.32 bits per heavy atom. The number of fused-ring (bicyclic) bond motifs is 1. The number of aromatic nitrogens is 3. The average Bonchev–Trinajstić information content (AvgIpc) is 2.93. The number of imidazole rings is 1. The van der Waals surface area contributed by atoms with Crippen LogP contribution in [0.15, 0.2) is 18.3 Å². The van der Waals surface area contributed by atoms with Gasteiger partial charge in [-0.25, -0.2) is 9.97 Å². The van der Waals surface area contributed by atoms with E-state index in [2.05, 4.69) is 34.1 Å². The second kappa shape index (κ2) is 5.79. The Bertz CT molecular complexity index is 693. The number of nitrogens with zero attached hydrogens (tertiary/aromatic N) is 2. The summed E-state index contributed by atoms with van der Waals surface area (Å²) in [5.41, 5.74) is 2.13. The second-order valence-electron chi connectivity index (χ2n) is 6.00. The van der Waals surface area contributed by atoms with Gasteiger partial charge in [-0.1, -0.05) is 13.8 Å². The van der Waals surface area contributed by atoms with Crippen molar-refractivity contribution < 1.29 is 9.90 Å². The second-order valence-corrected chi connectivity index (χ2v) is 6.00. The first-order valence-electron chi connectivity index (χ1n) is 7.57. The molecule has 2 aromatic rings. The topological polar surface area (TPSA) is 90.9 Å². The number of carbonyl (C=O) groups excluding carboxylic acids is 1. The number of hydrogen-bond donors (Lipinski definition) is 3. The third-order valence-electron chi connectivity index (χ3n) is 4.01. The number of aromatic hydroxyl groups is 1. The summed E-state index contributed by atoms with van der Waals surface area (Å²) in [7, 11) is 0. The molecule has 1 unspecified atom stereocenters. The van der Waals surface area contributed by atoms with Gasteiger partial charge in [0.05, 0.1) is 5.69 Å². The van der Waals surface area contributed by atoms with Crippen LogP contribution in [0, 0.1) is 5.92 Å². The number of amides is 1. The third kappa shape index (κ3) is 2.81. The lowest BCUT2D eigenvalue weighted by Crippen LogP contribution is -2.28. The fraction of sp³-hybridized carbons (Fsp3) is 0.438. The highest BCUT2D eigenvalue weighted by molar-refractivity contribution is 5.93. The van der Waals surface area contributed by atoms with Gasteiger partial charge in [-0.3, -0.25) is 4.79 Å². The molecule has 22 heavy (non-hydrogen) atoms. The predicted octanol–water partition coefficient (Wildman–Crippen LogP) is 2.38. The first kappa shape index (κ1) is 14.6. The molecule has 0 saturated carbocycles. The lowest BCUT2D eigenvalue weighted by molar-refractivity contribution is -0.120. The van der Waals surface area contributed by atoms with Gasteiger partial charge in [-0.05, 0) is 25.0 Å². The van der Waals surface area contributed by atoms with Crippen molar-refractivity contribution in [2.24, 2.45) is 5.92 Å². The zero-order valence-corrected chi connectivity index (χ0v) is 12.8. The number of carbonyl (C=O) groups is 1. The van der Waals surface area contributed by atoms with Gasteiger partial charge in [0.15, 0.2) is 11.6 Å². The normalized spacial score (nSPS) is 17.3. The van der Waals surface area contributed by atoms with Crippen LogP contribution in [0.2, 0.25) is 0 Å². The zero-order valence-electron chi connectivity index (χ0n) is 12.8. The first-order valence-corrected chi connectivity index (χ1v) is 7.57. The zero-order chi connectivity index (χ0) is 15.7. The van der Waals surface area contributed by atoms with Gasteiger partial charge in [0.2, 0.25) is 5.91 Å². The third-order valence-corrected chi connectivity index (χ3v) is 4.01. The van der Waals surface area contributed by atoms with Gasteiger partial charge >= 0.3 is 0 Å². The molecule has 3 N–H and O–H groups in total. The average molecular weight is 300 g/mol. The predicted molar refractivity (Wildman–Crippen MR) is 82.7 cm³/mol. The highest BCUT2D eigenvalue weighted by atomic mass is 16.3. The van der Waals surface area contributed by atoms with Crippen molar-refractivity contribution in [3.8, 4) is 5.75 Å². The van der Waals surface area contributed by atoms with Crippen LogP contribution in [0.4, 0.5) is 5.82 Å². The molecular formula is C16H20N4O2. The number of anilines is 1. The Hall–Kier alpha value is -2.37. The van der Waals surface area contributed by atoms with Crippen molar-refractivity contribution in [3.63, 3.8) is 0 Å². The van der Waals surface area contributed by atoms with Crippen LogP contribution in [0.5, 0.6) is 5.75 Å². The molecular weight excluding hydrogens is 280 g/mol. The molecule has 1 aliphatic rings. The highest BCUT2D eigenvalue weighted by Gasteiger charge is 2.28. The van der Waals surface area contributed by atoms with Crippen molar-refractivity contribution in [1.82, 2.24) is 15.0 Å². The molecule has 116 valence electrons. The lowest BCUT2D eigenvalue weighted by atomic mass is 9.89. The van der Waals surface area contributed by atoms with Gasteiger partial charge in [0.25, 0.3) is 0 Å². The molecule has 0 aliphatic heterocycles. The van der Waals surface area contributed by atoms with E-state index < -0.39 is 0 Å². The van der Waals surface area contributed by atoms with Crippen molar-refractivity contribution in [2.75, 3.05) is 5.32 Å². The minimum absolute atomic E-state index is 0.0176. The molecule has 0 bridgehead atoms. The maximum atomic E-state index is 12.4. The first-order chi connectivity index (χ1) is 10.5. The van der Waals surface area contributed by atoms with Crippen LogP contribution >= 0.6 is 0 Å². The summed E-state index contributed by atoms with van der Waals surface area (Å²) in [5, 5.41) is 12.4. The molecule has 0 saturated heterocycles. The number of pyridine rings is 1. The van der Waals surface area contributed by atoms with E-state index in [0.717, 1.165) is 30.1 Å². The molecule has 0 fully saturated rings. The van der Waals surface area contributed by atoms with Crippen molar-refractivity contribution >= 4 is 11.7 Å². The van der Waals surface area contributed by atoms with Crippen LogP contribution in [0.3, 0.4) is 0 Å². The number of aryl methyl sites for hydroxylation is 1. The standard InChI is InChI=1S/C16H20N4O2/c1-9(2)14-18-11-6-5-10(8-12(11)19-14)16(22)20-15-13(21)4-3-7-17-15/h3-4,7,9-10,21H,5-6,8H2,1-2H3,(H,18,19)(H,17,20,22). The maximum absolute atomic E-state index is 12.4. The van der Waals surface area contributed by atoms with Crippen LogP contribution in [-0.4, -0.2) is 26.0 Å². The molecule has 1 atom stereocenters. The summed E-state index contributed by atoms with van der Waals surface area (Å²) in [5.74, 6) is 1.29. The number of aromatic amines is 1. The summed E-state index contributed by atoms with van der Waals surface area (Å²) < 4.78 is 0. The summed E-state index contributed by atoms with van der Waals surface area (Å²) >= 11 is 0. The molecule has 6 heteroatoms. The number of hydrogen-bond acceptors (Lipinski definition) is 4. The van der Waals surface area contributed by atoms with E-state index in [1.165, 1.54) is 12.3 Å². The molecule has 1 amide bonds. The SMILES string of the molecule is CC(C)c1nc2c([nH]1)CC(C(=O)Nc1ncccc1O)CC2. The van der Waals surface area contributed by atoms with Gasteiger partial charge in [-0.15, -0.1) is 0 Å². The van der Waals surface area contributed by atoms with Crippen molar-refractivity contribution in [2.45, 2.75) is 39.0 Å². The van der Waals surface area contributed by atoms with Gasteiger partial charge in [-0.2, -0.15) is 0 Å². The van der Waals surface area contributed by atoms with Crippen molar-refractivity contribution in [3.05, 3.63) is 35.5 Å². The van der Waals surface area contributed by atoms with E-state index in [4.69, 9.17) is 0 Å². The summed E-state index contributed by atoms with van der Waals surface area (Å²) in [6.45, 7) is 4.19. The Kier molecular flexibility index (Phi) is 3.83. The Balaban J connectivity index is 1.71. The van der Waals surface area contributed by atoms with Crippen LogP contribution in [-0.2, 0) is 17.6 Å². The molecule has 0 spiro atoms. The maximum Gasteiger partial charge on any atom is 0.229 e. The summed E-state index contributed by atoms with van der Waals surface area (Å²) in [4.78, 5) is 24.3. The number of H-pyrrole nitrogens is 1. The quantitative estimate of drug-likeness (QED) is 0.811. The highest BCUT2D eigenvalue weighted by Crippen LogP contribution is 2.27. The van der Waals surface area contributed by atoms with Crippen LogP contribution in [0.1, 0.15) is 43.4 Å². The lowest BCUT2D eigenvalue weighted by Gasteiger charge is -2.20. The minimum Gasteiger partial charge on any atom is -0.504 e. The van der Waals surface area contributed by atoms with Crippen LogP contribution in [0.25, 0.3) is 0 Å². The molecule has 0 radical (unpaired) electrons. The number of nitrogens with one attached hydrogen (secondary N) is 2. The fourth-order valence-corrected chi connectivity index (χ4v) is 2.71. The van der Waals surface area contributed by atoms with Crippen LogP contribution < -0.4 is 5.32 Å². The van der Waals surface area contributed by atoms with Crippen molar-refractivity contribution in [1.29, 1.82) is 0 Å². The molecule has 0 aromatic carbocycles. The molecule has 3 rings (SSSR count). The molecule has 2 aromatic heterocycles. The fourth-order valence-electron chi connectivity index (χ4n) is 2.71. The van der Waals surface area contributed by atoms with E-state index >= 15 is 0 Å². The van der Waals surface area contributed by atoms with Gasteiger partial charge in [0, 0.05) is 30.1 Å². The Labute approximate surface area is 129 Å². The minimum atomic E-state index is -0.130. The van der Waals surface area contributed by atoms with E-state index in [1.54, 1.807) is 6.07 Å². The molecule has 2 heterocycles. The largest absolute Gasteiger partial charge is 0.504 e. The Morgan fingerprint density at radius 3 is 3.05 bits per heavy atom. The van der Waals surface area contributed by atoms with E-state index in [1.807, 2.05) is 0 Å². The van der Waals surface area contributed by atoms with E-state index in [-0.39, 0.29) is 23.4 Å². The summed E-state index contributed by atoms with van der Waals surface area (Å²) in [6.07, 6.45) is 3.74. The molecule has 1 aliphatic carbocycles. The Morgan fingerprint density at radius 1 is 1.50 bits per heavy atom. The van der Waals surface area contributed by atoms with E-state index in [0.29, 0.717) is 12.3 Å². The van der Waals surface area contributed by atoms with E-state index in [9.17, 15) is 9.90 Å². The monoisotopic (exact) mass is 300 g/mol. The van der Waals surface area contributed by atoms with Gasteiger partial charge in [0.1, 0.15) is 5.82 Å².